The van der Waals surface area contributed by atoms with Crippen LogP contribution in [0.1, 0.15) is 68.8 Å². The predicted molar refractivity (Wildman–Crippen MR) is 134 cm³/mol. The summed E-state index contributed by atoms with van der Waals surface area (Å²) in [6, 6.07) is 5.37. The van der Waals surface area contributed by atoms with Gasteiger partial charge in [-0.05, 0) is 65.1 Å². The molecule has 1 aromatic carbocycles. The third-order valence-corrected chi connectivity index (χ3v) is 6.85. The topological polar surface area (TPSA) is 120 Å². The number of imide groups is 1. The summed E-state index contributed by atoms with van der Waals surface area (Å²) >= 11 is 0. The highest BCUT2D eigenvalue weighted by Gasteiger charge is 2.40. The van der Waals surface area contributed by atoms with Crippen molar-refractivity contribution in [1.29, 1.82) is 0 Å². The van der Waals surface area contributed by atoms with Crippen LogP contribution in [0.3, 0.4) is 0 Å². The third-order valence-electron chi connectivity index (χ3n) is 6.85. The Labute approximate surface area is 212 Å². The number of alkyl carbamates (subject to hydrolysis) is 1. The molecule has 2 saturated heterocycles. The SMILES string of the molecule is CC(C)(C)OC(=O)NCCCN1CCC(Nc2cccc3c2CN(C2CCC(=O)NC2=O)C3=O)CC1. The Bertz CT molecular complexity index is 1010. The zero-order chi connectivity index (χ0) is 25.9. The number of rotatable bonds is 7. The largest absolute Gasteiger partial charge is 0.444 e. The normalized spacial score (nSPS) is 21.2. The second-order valence-electron chi connectivity index (χ2n) is 10.8. The standard InChI is InChI=1S/C26H37N5O5/c1-26(2,3)36-25(35)27-12-5-13-30-14-10-17(11-15-30)28-20-7-4-6-18-19(20)16-31(24(18)34)21-8-9-22(32)29-23(21)33/h4,6-7,17,21,28H,5,8-16H2,1-3H3,(H,27,35)(H,29,32,33). The predicted octanol–water partition coefficient (Wildman–Crippen LogP) is 2.24. The van der Waals surface area contributed by atoms with Gasteiger partial charge in [-0.1, -0.05) is 6.07 Å². The summed E-state index contributed by atoms with van der Waals surface area (Å²) in [5, 5.41) is 8.79. The van der Waals surface area contributed by atoms with E-state index in [1.165, 1.54) is 0 Å². The molecule has 1 aromatic rings. The van der Waals surface area contributed by atoms with Gasteiger partial charge in [0.1, 0.15) is 11.6 Å². The van der Waals surface area contributed by atoms with E-state index < -0.39 is 17.6 Å². The first-order valence-corrected chi connectivity index (χ1v) is 12.8. The molecule has 4 amide bonds. The Morgan fingerprint density at radius 2 is 1.89 bits per heavy atom. The number of nitrogens with one attached hydrogen (secondary N) is 3. The molecule has 3 N–H and O–H groups in total. The average molecular weight is 500 g/mol. The van der Waals surface area contributed by atoms with Gasteiger partial charge in [0.15, 0.2) is 0 Å². The second kappa shape index (κ2) is 10.9. The number of carbonyl (C=O) groups is 4. The summed E-state index contributed by atoms with van der Waals surface area (Å²) in [7, 11) is 0. The molecule has 196 valence electrons. The lowest BCUT2D eigenvalue weighted by atomic mass is 10.0. The van der Waals surface area contributed by atoms with Crippen LogP contribution in [-0.2, 0) is 20.9 Å². The van der Waals surface area contributed by atoms with Crippen molar-refractivity contribution in [3.8, 4) is 0 Å². The van der Waals surface area contributed by atoms with Gasteiger partial charge >= 0.3 is 6.09 Å². The maximum atomic E-state index is 13.0. The molecular formula is C26H37N5O5. The molecule has 3 heterocycles. The highest BCUT2D eigenvalue weighted by molar-refractivity contribution is 6.06. The van der Waals surface area contributed by atoms with Crippen LogP contribution in [0.15, 0.2) is 18.2 Å². The zero-order valence-electron chi connectivity index (χ0n) is 21.4. The Balaban J connectivity index is 1.24. The minimum Gasteiger partial charge on any atom is -0.444 e. The summed E-state index contributed by atoms with van der Waals surface area (Å²) < 4.78 is 5.26. The van der Waals surface area contributed by atoms with Crippen molar-refractivity contribution < 1.29 is 23.9 Å². The van der Waals surface area contributed by atoms with Crippen LogP contribution < -0.4 is 16.0 Å². The van der Waals surface area contributed by atoms with E-state index >= 15 is 0 Å². The molecule has 0 spiro atoms. The number of ether oxygens (including phenoxy) is 1. The van der Waals surface area contributed by atoms with Gasteiger partial charge in [-0.15, -0.1) is 0 Å². The number of fused-ring (bicyclic) bond motifs is 1. The lowest BCUT2D eigenvalue weighted by molar-refractivity contribution is -0.136. The van der Waals surface area contributed by atoms with Gasteiger partial charge in [0.25, 0.3) is 5.91 Å². The molecule has 3 aliphatic rings. The summed E-state index contributed by atoms with van der Waals surface area (Å²) in [4.78, 5) is 52.6. The molecule has 36 heavy (non-hydrogen) atoms. The lowest BCUT2D eigenvalue weighted by Gasteiger charge is -2.33. The van der Waals surface area contributed by atoms with E-state index in [0.29, 0.717) is 31.1 Å². The first-order valence-electron chi connectivity index (χ1n) is 12.8. The van der Waals surface area contributed by atoms with Gasteiger partial charge in [0.05, 0.1) is 0 Å². The second-order valence-corrected chi connectivity index (χ2v) is 10.8. The number of hydrogen-bond donors (Lipinski definition) is 3. The molecule has 0 saturated carbocycles. The van der Waals surface area contributed by atoms with Crippen molar-refractivity contribution in [3.05, 3.63) is 29.3 Å². The molecule has 0 aliphatic carbocycles. The van der Waals surface area contributed by atoms with Crippen molar-refractivity contribution in [3.63, 3.8) is 0 Å². The van der Waals surface area contributed by atoms with Crippen LogP contribution in [0.5, 0.6) is 0 Å². The molecule has 10 nitrogen and oxygen atoms in total. The molecule has 10 heteroatoms. The average Bonchev–Trinajstić information content (AvgIpc) is 3.14. The van der Waals surface area contributed by atoms with E-state index in [1.54, 1.807) is 4.90 Å². The van der Waals surface area contributed by atoms with Gasteiger partial charge in [-0.3, -0.25) is 19.7 Å². The van der Waals surface area contributed by atoms with Crippen LogP contribution in [-0.4, -0.2) is 77.5 Å². The first-order chi connectivity index (χ1) is 17.1. The van der Waals surface area contributed by atoms with E-state index in [-0.39, 0.29) is 24.3 Å². The van der Waals surface area contributed by atoms with E-state index in [4.69, 9.17) is 4.74 Å². The van der Waals surface area contributed by atoms with Crippen molar-refractivity contribution in [2.75, 3.05) is 31.5 Å². The number of carbonyl (C=O) groups excluding carboxylic acids is 4. The number of nitrogens with zero attached hydrogens (tertiary/aromatic N) is 2. The van der Waals surface area contributed by atoms with Gasteiger partial charge in [-0.2, -0.15) is 0 Å². The Hall–Kier alpha value is -3.14. The number of likely N-dealkylation sites (tertiary alicyclic amines) is 1. The summed E-state index contributed by atoms with van der Waals surface area (Å²) in [5.74, 6) is -0.832. The lowest BCUT2D eigenvalue weighted by Crippen LogP contribution is -2.52. The monoisotopic (exact) mass is 499 g/mol. The molecule has 0 radical (unpaired) electrons. The van der Waals surface area contributed by atoms with Gasteiger partial charge in [0.2, 0.25) is 11.8 Å². The maximum Gasteiger partial charge on any atom is 0.407 e. The summed E-state index contributed by atoms with van der Waals surface area (Å²) in [6.45, 7) is 9.33. The molecule has 1 unspecified atom stereocenters. The van der Waals surface area contributed by atoms with E-state index in [9.17, 15) is 19.2 Å². The molecule has 3 aliphatic heterocycles. The van der Waals surface area contributed by atoms with Gasteiger partial charge in [-0.25, -0.2) is 4.79 Å². The van der Waals surface area contributed by atoms with Crippen LogP contribution in [0.2, 0.25) is 0 Å². The fraction of sp³-hybridized carbons (Fsp3) is 0.615. The van der Waals surface area contributed by atoms with Crippen molar-refractivity contribution in [1.82, 2.24) is 20.4 Å². The fourth-order valence-electron chi connectivity index (χ4n) is 5.05. The van der Waals surface area contributed by atoms with Crippen molar-refractivity contribution >= 4 is 29.5 Å². The van der Waals surface area contributed by atoms with E-state index in [1.807, 2.05) is 39.0 Å². The van der Waals surface area contributed by atoms with Crippen LogP contribution >= 0.6 is 0 Å². The Morgan fingerprint density at radius 1 is 1.14 bits per heavy atom. The van der Waals surface area contributed by atoms with E-state index in [0.717, 1.165) is 50.1 Å². The van der Waals surface area contributed by atoms with Gasteiger partial charge in [0, 0.05) is 55.5 Å². The Morgan fingerprint density at radius 3 is 2.58 bits per heavy atom. The molecule has 4 rings (SSSR count). The summed E-state index contributed by atoms with van der Waals surface area (Å²) in [5.41, 5.74) is 1.99. The summed E-state index contributed by atoms with van der Waals surface area (Å²) in [6.07, 6.45) is 3.05. The van der Waals surface area contributed by atoms with Gasteiger partial charge < -0.3 is 25.2 Å². The van der Waals surface area contributed by atoms with Crippen molar-refractivity contribution in [2.45, 2.75) is 77.1 Å². The van der Waals surface area contributed by atoms with E-state index in [2.05, 4.69) is 20.9 Å². The van der Waals surface area contributed by atoms with Crippen LogP contribution in [0.25, 0.3) is 0 Å². The smallest absolute Gasteiger partial charge is 0.407 e. The fourth-order valence-corrected chi connectivity index (χ4v) is 5.05. The number of anilines is 1. The number of benzene rings is 1. The molecule has 0 bridgehead atoms. The maximum absolute atomic E-state index is 13.0. The number of piperidine rings is 2. The molecule has 2 fully saturated rings. The zero-order valence-corrected chi connectivity index (χ0v) is 21.4. The highest BCUT2D eigenvalue weighted by atomic mass is 16.6. The molecule has 1 atom stereocenters. The first kappa shape index (κ1) is 25.9. The highest BCUT2D eigenvalue weighted by Crippen LogP contribution is 2.33. The van der Waals surface area contributed by atoms with Crippen molar-refractivity contribution in [2.24, 2.45) is 0 Å². The number of hydrogen-bond acceptors (Lipinski definition) is 7. The number of amides is 4. The molecular weight excluding hydrogens is 462 g/mol. The van der Waals surface area contributed by atoms with Crippen LogP contribution in [0, 0.1) is 0 Å². The third kappa shape index (κ3) is 6.34. The van der Waals surface area contributed by atoms with Crippen LogP contribution in [0.4, 0.5) is 10.5 Å². The minimum atomic E-state index is -0.608. The molecule has 0 aromatic heterocycles. The Kier molecular flexibility index (Phi) is 7.82. The quantitative estimate of drug-likeness (QED) is 0.389. The minimum absolute atomic E-state index is 0.155.